The number of aliphatic carboxylic acids is 1. The Morgan fingerprint density at radius 3 is 2.78 bits per heavy atom. The maximum Gasteiger partial charge on any atom is 0.352 e. The molecule has 0 radical (unpaired) electrons. The SMILES string of the molecule is O=C(O)C1=CC=CC2=c3ccccc3=CC=CN12. The van der Waals surface area contributed by atoms with E-state index in [1.807, 2.05) is 42.5 Å². The lowest BCUT2D eigenvalue weighted by Crippen LogP contribution is -2.32. The van der Waals surface area contributed by atoms with Crippen molar-refractivity contribution >= 4 is 17.7 Å². The number of nitrogens with zero attached hydrogens (tertiary/aromatic N) is 1. The van der Waals surface area contributed by atoms with Crippen molar-refractivity contribution in [3.8, 4) is 0 Å². The van der Waals surface area contributed by atoms with E-state index in [1.165, 1.54) is 0 Å². The van der Waals surface area contributed by atoms with Crippen LogP contribution < -0.4 is 10.4 Å². The van der Waals surface area contributed by atoms with Gasteiger partial charge in [-0.2, -0.15) is 0 Å². The molecule has 3 nitrogen and oxygen atoms in total. The highest BCUT2D eigenvalue weighted by molar-refractivity contribution is 5.90. The predicted molar refractivity (Wildman–Crippen MR) is 69.4 cm³/mol. The molecule has 1 aromatic carbocycles. The molecule has 3 heteroatoms. The number of rotatable bonds is 1. The first-order valence-corrected chi connectivity index (χ1v) is 5.66. The van der Waals surface area contributed by atoms with Crippen LogP contribution >= 0.6 is 0 Å². The van der Waals surface area contributed by atoms with Crippen molar-refractivity contribution in [3.05, 3.63) is 70.9 Å². The fraction of sp³-hybridized carbons (Fsp3) is 0. The Hall–Kier alpha value is -2.55. The molecule has 2 aliphatic heterocycles. The van der Waals surface area contributed by atoms with Gasteiger partial charge in [0.2, 0.25) is 0 Å². The second-order valence-corrected chi connectivity index (χ2v) is 4.07. The second kappa shape index (κ2) is 4.04. The van der Waals surface area contributed by atoms with Crippen LogP contribution in [0.25, 0.3) is 11.8 Å². The molecule has 18 heavy (non-hydrogen) atoms. The summed E-state index contributed by atoms with van der Waals surface area (Å²) in [6.45, 7) is 0. The Labute approximate surface area is 104 Å². The molecule has 0 spiro atoms. The monoisotopic (exact) mass is 237 g/mol. The minimum Gasteiger partial charge on any atom is -0.477 e. The molecule has 2 aliphatic rings. The lowest BCUT2D eigenvalue weighted by molar-refractivity contribution is -0.133. The van der Waals surface area contributed by atoms with E-state index < -0.39 is 5.97 Å². The quantitative estimate of drug-likeness (QED) is 0.790. The molecule has 0 amide bonds. The summed E-state index contributed by atoms with van der Waals surface area (Å²) in [6, 6.07) is 7.94. The summed E-state index contributed by atoms with van der Waals surface area (Å²) in [5.74, 6) is -0.930. The van der Waals surface area contributed by atoms with E-state index >= 15 is 0 Å². The average Bonchev–Trinajstić information content (AvgIpc) is 2.57. The van der Waals surface area contributed by atoms with Gasteiger partial charge in [-0.15, -0.1) is 0 Å². The third-order valence-corrected chi connectivity index (χ3v) is 2.99. The van der Waals surface area contributed by atoms with Gasteiger partial charge in [0.05, 0.1) is 5.70 Å². The lowest BCUT2D eigenvalue weighted by atomic mass is 10.1. The molecule has 0 fully saturated rings. The number of carbonyl (C=O) groups is 1. The van der Waals surface area contributed by atoms with Crippen molar-refractivity contribution in [2.24, 2.45) is 0 Å². The zero-order valence-corrected chi connectivity index (χ0v) is 9.58. The summed E-state index contributed by atoms with van der Waals surface area (Å²) >= 11 is 0. The summed E-state index contributed by atoms with van der Waals surface area (Å²) < 4.78 is 0. The predicted octanol–water partition coefficient (Wildman–Crippen LogP) is 0.943. The second-order valence-electron chi connectivity index (χ2n) is 4.07. The third kappa shape index (κ3) is 1.57. The first-order valence-electron chi connectivity index (χ1n) is 5.66. The van der Waals surface area contributed by atoms with E-state index in [9.17, 15) is 9.90 Å². The van der Waals surface area contributed by atoms with Gasteiger partial charge in [-0.1, -0.05) is 36.4 Å². The number of fused-ring (bicyclic) bond motifs is 2. The normalized spacial score (nSPS) is 16.3. The van der Waals surface area contributed by atoms with Gasteiger partial charge in [-0.3, -0.25) is 0 Å². The van der Waals surface area contributed by atoms with Crippen molar-refractivity contribution in [1.82, 2.24) is 4.90 Å². The van der Waals surface area contributed by atoms with E-state index in [-0.39, 0.29) is 5.70 Å². The number of carboxylic acids is 1. The van der Waals surface area contributed by atoms with Gasteiger partial charge in [0.15, 0.2) is 0 Å². The van der Waals surface area contributed by atoms with E-state index in [4.69, 9.17) is 0 Å². The standard InChI is InChI=1S/C15H11NO2/c17-15(18)14-9-3-8-13-12-7-2-1-5-11(12)6-4-10-16(13)14/h1-10H,(H,17,18). The van der Waals surface area contributed by atoms with Crippen LogP contribution in [0.3, 0.4) is 0 Å². The molecule has 1 N–H and O–H groups in total. The van der Waals surface area contributed by atoms with Crippen LogP contribution in [-0.4, -0.2) is 16.0 Å². The number of carboxylic acid groups (broad SMARTS) is 1. The van der Waals surface area contributed by atoms with E-state index in [0.29, 0.717) is 0 Å². The van der Waals surface area contributed by atoms with Crippen LogP contribution in [0.2, 0.25) is 0 Å². The minimum absolute atomic E-state index is 0.258. The van der Waals surface area contributed by atoms with Crippen LogP contribution in [0.5, 0.6) is 0 Å². The maximum absolute atomic E-state index is 11.2. The van der Waals surface area contributed by atoms with Gasteiger partial charge in [0.25, 0.3) is 0 Å². The molecule has 2 heterocycles. The summed E-state index contributed by atoms with van der Waals surface area (Å²) in [4.78, 5) is 12.9. The van der Waals surface area contributed by atoms with Crippen LogP contribution in [0.1, 0.15) is 0 Å². The van der Waals surface area contributed by atoms with Gasteiger partial charge in [0, 0.05) is 11.4 Å². The van der Waals surface area contributed by atoms with Crippen LogP contribution in [0, 0.1) is 0 Å². The van der Waals surface area contributed by atoms with Crippen molar-refractivity contribution in [2.45, 2.75) is 0 Å². The van der Waals surface area contributed by atoms with Crippen molar-refractivity contribution in [2.75, 3.05) is 0 Å². The molecule has 3 rings (SSSR count). The fourth-order valence-corrected chi connectivity index (χ4v) is 2.18. The van der Waals surface area contributed by atoms with Gasteiger partial charge >= 0.3 is 5.97 Å². The van der Waals surface area contributed by atoms with Crippen molar-refractivity contribution in [3.63, 3.8) is 0 Å². The van der Waals surface area contributed by atoms with E-state index in [0.717, 1.165) is 16.1 Å². The molecule has 0 bridgehead atoms. The lowest BCUT2D eigenvalue weighted by Gasteiger charge is -2.24. The summed E-state index contributed by atoms with van der Waals surface area (Å²) in [6.07, 6.45) is 10.9. The Kier molecular flexibility index (Phi) is 2.38. The van der Waals surface area contributed by atoms with E-state index in [2.05, 4.69) is 0 Å². The highest BCUT2D eigenvalue weighted by Gasteiger charge is 2.20. The van der Waals surface area contributed by atoms with Crippen molar-refractivity contribution < 1.29 is 9.90 Å². The Morgan fingerprint density at radius 2 is 1.94 bits per heavy atom. The number of hydrogen-bond acceptors (Lipinski definition) is 2. The summed E-state index contributed by atoms with van der Waals surface area (Å²) in [5, 5.41) is 11.3. The third-order valence-electron chi connectivity index (χ3n) is 2.99. The van der Waals surface area contributed by atoms with Gasteiger partial charge in [0.1, 0.15) is 5.70 Å². The topological polar surface area (TPSA) is 40.5 Å². The number of hydrogen-bond donors (Lipinski definition) is 1. The summed E-state index contributed by atoms with van der Waals surface area (Å²) in [7, 11) is 0. The molecule has 88 valence electrons. The van der Waals surface area contributed by atoms with E-state index in [1.54, 1.807) is 23.3 Å². The molecule has 0 saturated carbocycles. The zero-order valence-electron chi connectivity index (χ0n) is 9.58. The molecular formula is C15H11NO2. The van der Waals surface area contributed by atoms with Gasteiger partial charge < -0.3 is 10.0 Å². The van der Waals surface area contributed by atoms with Crippen LogP contribution in [0.4, 0.5) is 0 Å². The molecule has 0 atom stereocenters. The fourth-order valence-electron chi connectivity index (χ4n) is 2.18. The molecule has 1 aromatic rings. The number of allylic oxidation sites excluding steroid dienone is 3. The first kappa shape index (κ1) is 10.6. The molecule has 0 unspecified atom stereocenters. The minimum atomic E-state index is -0.930. The first-order chi connectivity index (χ1) is 8.77. The van der Waals surface area contributed by atoms with Crippen molar-refractivity contribution in [1.29, 1.82) is 0 Å². The summed E-state index contributed by atoms with van der Waals surface area (Å²) in [5.41, 5.74) is 1.14. The zero-order chi connectivity index (χ0) is 12.5. The number of benzene rings is 1. The molecular weight excluding hydrogens is 226 g/mol. The van der Waals surface area contributed by atoms with Gasteiger partial charge in [-0.05, 0) is 23.4 Å². The molecule has 0 aliphatic carbocycles. The molecule has 0 saturated heterocycles. The van der Waals surface area contributed by atoms with Crippen LogP contribution in [0.15, 0.2) is 60.5 Å². The van der Waals surface area contributed by atoms with Gasteiger partial charge in [-0.25, -0.2) is 4.79 Å². The smallest absolute Gasteiger partial charge is 0.352 e. The average molecular weight is 237 g/mol. The Morgan fingerprint density at radius 1 is 1.11 bits per heavy atom. The van der Waals surface area contributed by atoms with Crippen LogP contribution in [-0.2, 0) is 4.79 Å². The highest BCUT2D eigenvalue weighted by atomic mass is 16.4. The Bertz CT molecular complexity index is 723. The Balaban J connectivity index is 2.33. The maximum atomic E-state index is 11.2. The highest BCUT2D eigenvalue weighted by Crippen LogP contribution is 2.20. The largest absolute Gasteiger partial charge is 0.477 e. The molecule has 0 aromatic heterocycles.